The van der Waals surface area contributed by atoms with E-state index in [0.29, 0.717) is 0 Å². The van der Waals surface area contributed by atoms with E-state index in [9.17, 15) is 0 Å². The summed E-state index contributed by atoms with van der Waals surface area (Å²) in [6.45, 7) is 7.28. The molecule has 1 saturated carbocycles. The lowest BCUT2D eigenvalue weighted by atomic mass is 9.91. The highest BCUT2D eigenvalue weighted by Crippen LogP contribution is 2.29. The molecule has 18 heavy (non-hydrogen) atoms. The Morgan fingerprint density at radius 3 is 2.67 bits per heavy atom. The van der Waals surface area contributed by atoms with Crippen molar-refractivity contribution in [1.29, 1.82) is 0 Å². The Morgan fingerprint density at radius 2 is 2.17 bits per heavy atom. The van der Waals surface area contributed by atoms with Gasteiger partial charge < -0.3 is 0 Å². The van der Waals surface area contributed by atoms with Crippen LogP contribution < -0.4 is 0 Å². The maximum absolute atomic E-state index is 4.58. The van der Waals surface area contributed by atoms with Crippen LogP contribution in [0.25, 0.3) is 0 Å². The van der Waals surface area contributed by atoms with Crippen LogP contribution in [-0.4, -0.2) is 32.6 Å². The molecule has 0 unspecified atom stereocenters. The van der Waals surface area contributed by atoms with Crippen LogP contribution in [0.2, 0.25) is 0 Å². The first-order valence-corrected chi connectivity index (χ1v) is 8.60. The zero-order chi connectivity index (χ0) is 13.1. The Balaban J connectivity index is 2.14. The molecular formula is C13H21Br2N3. The van der Waals surface area contributed by atoms with Crippen LogP contribution in [0.1, 0.15) is 37.6 Å². The molecule has 0 saturated heterocycles. The van der Waals surface area contributed by atoms with E-state index in [4.69, 9.17) is 0 Å². The van der Waals surface area contributed by atoms with Crippen LogP contribution in [0, 0.1) is 6.92 Å². The van der Waals surface area contributed by atoms with Crippen molar-refractivity contribution in [2.45, 2.75) is 52.2 Å². The number of rotatable bonds is 6. The number of aromatic nitrogens is 2. The fourth-order valence-electron chi connectivity index (χ4n) is 2.46. The smallest absolute Gasteiger partial charge is 0.0739 e. The fourth-order valence-corrected chi connectivity index (χ4v) is 3.33. The van der Waals surface area contributed by atoms with Crippen molar-refractivity contribution >= 4 is 31.9 Å². The lowest BCUT2D eigenvalue weighted by Crippen LogP contribution is -2.41. The highest BCUT2D eigenvalue weighted by Gasteiger charge is 2.26. The number of hydrogen-bond donors (Lipinski definition) is 0. The first kappa shape index (κ1) is 14.5. The summed E-state index contributed by atoms with van der Waals surface area (Å²) in [5, 5.41) is 5.62. The van der Waals surface area contributed by atoms with E-state index in [1.165, 1.54) is 29.4 Å². The second-order valence-corrected chi connectivity index (χ2v) is 6.49. The third-order valence-corrected chi connectivity index (χ3v) is 5.15. The average molecular weight is 379 g/mol. The van der Waals surface area contributed by atoms with Crippen molar-refractivity contribution in [1.82, 2.24) is 14.7 Å². The second kappa shape index (κ2) is 6.53. The molecule has 0 amide bonds. The molecule has 1 fully saturated rings. The number of hydrogen-bond acceptors (Lipinski definition) is 2. The Labute approximate surface area is 126 Å². The zero-order valence-corrected chi connectivity index (χ0v) is 14.3. The van der Waals surface area contributed by atoms with Crippen molar-refractivity contribution in [2.75, 3.05) is 11.9 Å². The molecule has 1 aliphatic rings. The van der Waals surface area contributed by atoms with Gasteiger partial charge in [0.2, 0.25) is 0 Å². The first-order valence-electron chi connectivity index (χ1n) is 6.69. The molecule has 1 aromatic rings. The van der Waals surface area contributed by atoms with Gasteiger partial charge in [-0.05, 0) is 42.6 Å². The molecule has 102 valence electrons. The van der Waals surface area contributed by atoms with Crippen molar-refractivity contribution in [2.24, 2.45) is 0 Å². The van der Waals surface area contributed by atoms with Crippen LogP contribution in [0.5, 0.6) is 0 Å². The van der Waals surface area contributed by atoms with Gasteiger partial charge in [0.1, 0.15) is 0 Å². The molecule has 0 atom stereocenters. The predicted octanol–water partition coefficient (Wildman–Crippen LogP) is 3.72. The third kappa shape index (κ3) is 2.99. The number of aryl methyl sites for hydroxylation is 2. The normalized spacial score (nSPS) is 16.3. The molecule has 5 heteroatoms. The highest BCUT2D eigenvalue weighted by atomic mass is 79.9. The number of nitrogens with zero attached hydrogens (tertiary/aromatic N) is 3. The van der Waals surface area contributed by atoms with Crippen LogP contribution >= 0.6 is 31.9 Å². The molecular weight excluding hydrogens is 358 g/mol. The van der Waals surface area contributed by atoms with Crippen molar-refractivity contribution < 1.29 is 0 Å². The summed E-state index contributed by atoms with van der Waals surface area (Å²) in [4.78, 5) is 2.59. The van der Waals surface area contributed by atoms with E-state index in [2.05, 4.69) is 60.4 Å². The Hall–Kier alpha value is 0.130. The third-order valence-electron chi connectivity index (χ3n) is 3.77. The second-order valence-electron chi connectivity index (χ2n) is 4.91. The van der Waals surface area contributed by atoms with Gasteiger partial charge in [-0.3, -0.25) is 9.58 Å². The van der Waals surface area contributed by atoms with Gasteiger partial charge in [-0.2, -0.15) is 5.10 Å². The summed E-state index contributed by atoms with van der Waals surface area (Å²) < 4.78 is 3.31. The van der Waals surface area contributed by atoms with Gasteiger partial charge in [-0.25, -0.2) is 0 Å². The van der Waals surface area contributed by atoms with E-state index in [0.717, 1.165) is 36.7 Å². The maximum atomic E-state index is 4.58. The first-order chi connectivity index (χ1) is 8.67. The topological polar surface area (TPSA) is 21.1 Å². The molecule has 0 radical (unpaired) electrons. The Morgan fingerprint density at radius 1 is 1.44 bits per heavy atom. The molecule has 1 heterocycles. The minimum atomic E-state index is 0.773. The minimum Gasteiger partial charge on any atom is -0.294 e. The van der Waals surface area contributed by atoms with Crippen LogP contribution in [0.3, 0.4) is 0 Å². The van der Waals surface area contributed by atoms with Crippen LogP contribution in [-0.2, 0) is 13.1 Å². The van der Waals surface area contributed by atoms with E-state index in [1.54, 1.807) is 0 Å². The summed E-state index contributed by atoms with van der Waals surface area (Å²) in [6, 6.07) is 0.773. The lowest BCUT2D eigenvalue weighted by Gasteiger charge is -2.37. The lowest BCUT2D eigenvalue weighted by molar-refractivity contribution is 0.124. The van der Waals surface area contributed by atoms with Crippen LogP contribution in [0.4, 0.5) is 0 Å². The molecule has 0 aromatic carbocycles. The monoisotopic (exact) mass is 377 g/mol. The van der Waals surface area contributed by atoms with E-state index in [1.807, 2.05) is 0 Å². The SMILES string of the molecule is CCn1nc(C)c(Br)c1CN(CCBr)C1CCC1. The highest BCUT2D eigenvalue weighted by molar-refractivity contribution is 9.10. The minimum absolute atomic E-state index is 0.773. The van der Waals surface area contributed by atoms with Crippen molar-refractivity contribution in [3.8, 4) is 0 Å². The molecule has 0 bridgehead atoms. The van der Waals surface area contributed by atoms with Gasteiger partial charge >= 0.3 is 0 Å². The Bertz CT molecular complexity index is 399. The van der Waals surface area contributed by atoms with E-state index >= 15 is 0 Å². The summed E-state index contributed by atoms with van der Waals surface area (Å²) in [5.74, 6) is 0. The van der Waals surface area contributed by atoms with Gasteiger partial charge in [-0.1, -0.05) is 22.4 Å². The quantitative estimate of drug-likeness (QED) is 0.703. The largest absolute Gasteiger partial charge is 0.294 e. The van der Waals surface area contributed by atoms with Crippen LogP contribution in [0.15, 0.2) is 4.47 Å². The van der Waals surface area contributed by atoms with Gasteiger partial charge in [0.25, 0.3) is 0 Å². The molecule has 0 spiro atoms. The molecule has 3 nitrogen and oxygen atoms in total. The number of halogens is 2. The van der Waals surface area contributed by atoms with Gasteiger partial charge in [-0.15, -0.1) is 0 Å². The fraction of sp³-hybridized carbons (Fsp3) is 0.769. The molecule has 0 N–H and O–H groups in total. The standard InChI is InChI=1S/C13H21Br2N3/c1-3-18-12(13(15)10(2)16-18)9-17(8-7-14)11-5-4-6-11/h11H,3-9H2,1-2H3. The van der Waals surface area contributed by atoms with E-state index in [-0.39, 0.29) is 0 Å². The average Bonchev–Trinajstić information content (AvgIpc) is 2.55. The van der Waals surface area contributed by atoms with Gasteiger partial charge in [0.05, 0.1) is 15.9 Å². The molecule has 1 aromatic heterocycles. The van der Waals surface area contributed by atoms with Crippen molar-refractivity contribution in [3.63, 3.8) is 0 Å². The maximum Gasteiger partial charge on any atom is 0.0739 e. The summed E-state index contributed by atoms with van der Waals surface area (Å²) in [6.07, 6.45) is 4.09. The molecule has 2 rings (SSSR count). The zero-order valence-electron chi connectivity index (χ0n) is 11.1. The van der Waals surface area contributed by atoms with Crippen molar-refractivity contribution in [3.05, 3.63) is 15.9 Å². The Kier molecular flexibility index (Phi) is 5.27. The summed E-state index contributed by atoms with van der Waals surface area (Å²) in [5.41, 5.74) is 2.42. The summed E-state index contributed by atoms with van der Waals surface area (Å²) in [7, 11) is 0. The summed E-state index contributed by atoms with van der Waals surface area (Å²) >= 11 is 7.26. The van der Waals surface area contributed by atoms with Gasteiger partial charge in [0, 0.05) is 31.0 Å². The predicted molar refractivity (Wildman–Crippen MR) is 82.2 cm³/mol. The van der Waals surface area contributed by atoms with E-state index < -0.39 is 0 Å². The molecule has 1 aliphatic carbocycles. The number of alkyl halides is 1. The molecule has 0 aliphatic heterocycles. The van der Waals surface area contributed by atoms with Gasteiger partial charge in [0.15, 0.2) is 0 Å².